The molecule has 0 saturated heterocycles. The minimum atomic E-state index is -0.792. The highest BCUT2D eigenvalue weighted by Gasteiger charge is 2.24. The van der Waals surface area contributed by atoms with Crippen LogP contribution in [0.2, 0.25) is 10.2 Å². The molecule has 6 nitrogen and oxygen atoms in total. The van der Waals surface area contributed by atoms with E-state index in [2.05, 4.69) is 10.3 Å². The highest BCUT2D eigenvalue weighted by atomic mass is 35.5. The van der Waals surface area contributed by atoms with Gasteiger partial charge < -0.3 is 15.2 Å². The molecule has 1 heterocycles. The summed E-state index contributed by atoms with van der Waals surface area (Å²) in [6.07, 6.45) is 2.48. The van der Waals surface area contributed by atoms with Gasteiger partial charge in [-0.05, 0) is 18.9 Å². The van der Waals surface area contributed by atoms with E-state index in [0.717, 1.165) is 0 Å². The number of Topliss-reactive ketones (excluding diaryl/α,β-unsaturated/α-hetero) is 1. The van der Waals surface area contributed by atoms with E-state index in [4.69, 9.17) is 27.9 Å². The Balaban J connectivity index is 3.20. The van der Waals surface area contributed by atoms with Gasteiger partial charge in [-0.3, -0.25) is 4.79 Å². The summed E-state index contributed by atoms with van der Waals surface area (Å²) in [6.45, 7) is 5.39. The molecular weight excluding hydrogens is 355 g/mol. The van der Waals surface area contributed by atoms with Crippen molar-refractivity contribution in [1.29, 1.82) is 0 Å². The normalized spacial score (nSPS) is 12.9. The molecule has 132 valence electrons. The Kier molecular flexibility index (Phi) is 8.18. The second kappa shape index (κ2) is 9.61. The summed E-state index contributed by atoms with van der Waals surface area (Å²) >= 11 is 11.8. The van der Waals surface area contributed by atoms with E-state index in [1.807, 2.05) is 13.8 Å². The van der Waals surface area contributed by atoms with E-state index in [1.54, 1.807) is 6.92 Å². The fourth-order valence-electron chi connectivity index (χ4n) is 1.80. The molecule has 0 fully saturated rings. The fourth-order valence-corrected chi connectivity index (χ4v) is 2.15. The Morgan fingerprint density at radius 2 is 2.08 bits per heavy atom. The number of halogens is 2. The quantitative estimate of drug-likeness (QED) is 0.181. The van der Waals surface area contributed by atoms with Gasteiger partial charge in [0.2, 0.25) is 5.78 Å². The van der Waals surface area contributed by atoms with Gasteiger partial charge in [-0.15, -0.1) is 0 Å². The van der Waals surface area contributed by atoms with Crippen LogP contribution in [0.3, 0.4) is 0 Å². The molecule has 0 aliphatic heterocycles. The van der Waals surface area contributed by atoms with Crippen molar-refractivity contribution in [1.82, 2.24) is 10.3 Å². The van der Waals surface area contributed by atoms with Crippen LogP contribution in [0, 0.1) is 5.92 Å². The number of pyridine rings is 1. The maximum Gasteiger partial charge on any atom is 0.343 e. The van der Waals surface area contributed by atoms with Gasteiger partial charge in [0, 0.05) is 18.0 Å². The first-order chi connectivity index (χ1) is 11.3. The molecular formula is C16H20Cl2N2O4. The summed E-state index contributed by atoms with van der Waals surface area (Å²) in [5.41, 5.74) is -0.192. The number of ketones is 1. The molecule has 0 bridgehead atoms. The summed E-state index contributed by atoms with van der Waals surface area (Å²) in [6, 6.07) is 0.962. The van der Waals surface area contributed by atoms with Crippen molar-refractivity contribution in [3.63, 3.8) is 0 Å². The molecule has 1 aromatic rings. The number of aliphatic hydroxyl groups excluding tert-OH is 1. The van der Waals surface area contributed by atoms with Gasteiger partial charge in [-0.1, -0.05) is 37.0 Å². The average molecular weight is 375 g/mol. The minimum absolute atomic E-state index is 0.0443. The third-order valence-electron chi connectivity index (χ3n) is 3.25. The third kappa shape index (κ3) is 5.47. The van der Waals surface area contributed by atoms with Crippen LogP contribution in [-0.2, 0) is 9.53 Å². The molecule has 0 radical (unpaired) electrons. The van der Waals surface area contributed by atoms with Crippen molar-refractivity contribution in [2.45, 2.75) is 26.8 Å². The Morgan fingerprint density at radius 1 is 1.42 bits per heavy atom. The van der Waals surface area contributed by atoms with E-state index >= 15 is 0 Å². The lowest BCUT2D eigenvalue weighted by atomic mass is 10.0. The van der Waals surface area contributed by atoms with Crippen molar-refractivity contribution in [2.24, 2.45) is 5.92 Å². The standard InChI is InChI=1S/C16H20Cl2N2O4/c1-4-24-16(23)11(6-19-13(8-21)9(2)3)15(22)10-5-14(18)20-7-12(10)17/h5-7,9,13,19,21H,4,8H2,1-3H3/t13-/m1/s1. The highest BCUT2D eigenvalue weighted by Crippen LogP contribution is 2.22. The predicted molar refractivity (Wildman–Crippen MR) is 92.2 cm³/mol. The van der Waals surface area contributed by atoms with E-state index in [9.17, 15) is 14.7 Å². The molecule has 0 aliphatic carbocycles. The first-order valence-corrected chi connectivity index (χ1v) is 8.17. The van der Waals surface area contributed by atoms with Crippen molar-refractivity contribution < 1.29 is 19.4 Å². The Labute approximate surface area is 150 Å². The number of esters is 1. The van der Waals surface area contributed by atoms with Crippen LogP contribution >= 0.6 is 23.2 Å². The molecule has 0 amide bonds. The van der Waals surface area contributed by atoms with Crippen LogP contribution in [0.5, 0.6) is 0 Å². The number of aromatic nitrogens is 1. The summed E-state index contributed by atoms with van der Waals surface area (Å²) in [4.78, 5) is 28.6. The van der Waals surface area contributed by atoms with Crippen molar-refractivity contribution in [3.05, 3.63) is 39.8 Å². The Hall–Kier alpha value is -1.63. The van der Waals surface area contributed by atoms with Crippen LogP contribution in [0.1, 0.15) is 31.1 Å². The number of carbonyl (C=O) groups is 2. The van der Waals surface area contributed by atoms with Crippen LogP contribution in [0.4, 0.5) is 0 Å². The molecule has 0 unspecified atom stereocenters. The zero-order chi connectivity index (χ0) is 18.3. The van der Waals surface area contributed by atoms with Crippen LogP contribution in [0.25, 0.3) is 0 Å². The van der Waals surface area contributed by atoms with E-state index in [0.29, 0.717) is 0 Å². The van der Waals surface area contributed by atoms with Gasteiger partial charge in [0.1, 0.15) is 10.7 Å². The fraction of sp³-hybridized carbons (Fsp3) is 0.438. The maximum atomic E-state index is 12.7. The van der Waals surface area contributed by atoms with Gasteiger partial charge in [-0.2, -0.15) is 0 Å². The average Bonchev–Trinajstić information content (AvgIpc) is 2.53. The molecule has 1 rings (SSSR count). The van der Waals surface area contributed by atoms with Gasteiger partial charge in [0.15, 0.2) is 0 Å². The van der Waals surface area contributed by atoms with Gasteiger partial charge in [0.25, 0.3) is 0 Å². The molecule has 1 atom stereocenters. The predicted octanol–water partition coefficient (Wildman–Crippen LogP) is 2.62. The van der Waals surface area contributed by atoms with E-state index < -0.39 is 11.8 Å². The van der Waals surface area contributed by atoms with Crippen molar-refractivity contribution >= 4 is 35.0 Å². The van der Waals surface area contributed by atoms with Crippen LogP contribution in [0.15, 0.2) is 24.0 Å². The van der Waals surface area contributed by atoms with Crippen LogP contribution < -0.4 is 5.32 Å². The second-order valence-electron chi connectivity index (χ2n) is 5.29. The van der Waals surface area contributed by atoms with Crippen molar-refractivity contribution in [3.8, 4) is 0 Å². The SMILES string of the molecule is CCOC(=O)C(=CN[C@H](CO)C(C)C)C(=O)c1cc(Cl)ncc1Cl. The highest BCUT2D eigenvalue weighted by molar-refractivity contribution is 6.38. The number of hydrogen-bond donors (Lipinski definition) is 2. The molecule has 0 spiro atoms. The lowest BCUT2D eigenvalue weighted by Crippen LogP contribution is -2.34. The first-order valence-electron chi connectivity index (χ1n) is 7.41. The summed E-state index contributed by atoms with van der Waals surface area (Å²) in [5.74, 6) is -1.35. The van der Waals surface area contributed by atoms with E-state index in [1.165, 1.54) is 18.5 Å². The first kappa shape index (κ1) is 20.4. The number of nitrogens with zero attached hydrogens (tertiary/aromatic N) is 1. The number of ether oxygens (including phenoxy) is 1. The monoisotopic (exact) mass is 374 g/mol. The van der Waals surface area contributed by atoms with E-state index in [-0.39, 0.29) is 46.5 Å². The Bertz CT molecular complexity index is 633. The number of nitrogens with one attached hydrogen (secondary N) is 1. The summed E-state index contributed by atoms with van der Waals surface area (Å²) in [7, 11) is 0. The number of hydrogen-bond acceptors (Lipinski definition) is 6. The molecule has 2 N–H and O–H groups in total. The molecule has 0 aliphatic rings. The number of rotatable bonds is 8. The topological polar surface area (TPSA) is 88.5 Å². The summed E-state index contributed by atoms with van der Waals surface area (Å²) in [5, 5.41) is 12.4. The second-order valence-corrected chi connectivity index (χ2v) is 6.09. The Morgan fingerprint density at radius 3 is 2.62 bits per heavy atom. The molecule has 24 heavy (non-hydrogen) atoms. The minimum Gasteiger partial charge on any atom is -0.462 e. The molecule has 1 aromatic heterocycles. The number of carbonyl (C=O) groups excluding carboxylic acids is 2. The zero-order valence-corrected chi connectivity index (χ0v) is 15.2. The summed E-state index contributed by atoms with van der Waals surface area (Å²) < 4.78 is 4.92. The van der Waals surface area contributed by atoms with Crippen molar-refractivity contribution in [2.75, 3.05) is 13.2 Å². The molecule has 8 heteroatoms. The largest absolute Gasteiger partial charge is 0.462 e. The van der Waals surface area contributed by atoms with Gasteiger partial charge in [0.05, 0.1) is 24.3 Å². The smallest absolute Gasteiger partial charge is 0.343 e. The lowest BCUT2D eigenvalue weighted by molar-refractivity contribution is -0.138. The molecule has 0 aromatic carbocycles. The third-order valence-corrected chi connectivity index (χ3v) is 3.76. The lowest BCUT2D eigenvalue weighted by Gasteiger charge is -2.19. The van der Waals surface area contributed by atoms with Gasteiger partial charge in [-0.25, -0.2) is 9.78 Å². The zero-order valence-electron chi connectivity index (χ0n) is 13.7. The molecule has 0 saturated carbocycles. The van der Waals surface area contributed by atoms with Gasteiger partial charge >= 0.3 is 5.97 Å². The number of aliphatic hydroxyl groups is 1. The maximum absolute atomic E-state index is 12.7. The van der Waals surface area contributed by atoms with Crippen LogP contribution in [-0.4, -0.2) is 41.1 Å².